The van der Waals surface area contributed by atoms with Gasteiger partial charge >= 0.3 is 11.3 Å². The van der Waals surface area contributed by atoms with Crippen molar-refractivity contribution in [3.05, 3.63) is 99.2 Å². The van der Waals surface area contributed by atoms with Gasteiger partial charge in [-0.3, -0.25) is 4.79 Å². The Bertz CT molecular complexity index is 1710. The molecule has 0 unspecified atom stereocenters. The lowest BCUT2D eigenvalue weighted by atomic mass is 10.0. The molecule has 0 spiro atoms. The summed E-state index contributed by atoms with van der Waals surface area (Å²) in [4.78, 5) is 37.7. The Labute approximate surface area is 204 Å². The molecule has 0 aliphatic heterocycles. The number of hydrogen-bond donors (Lipinski definition) is 0. The molecule has 5 rings (SSSR count). The topological polar surface area (TPSA) is 105 Å². The molecule has 8 heteroatoms. The fourth-order valence-electron chi connectivity index (χ4n) is 3.93. The monoisotopic (exact) mass is 484 g/mol. The molecule has 0 aliphatic rings. The highest BCUT2D eigenvalue weighted by Gasteiger charge is 2.16. The van der Waals surface area contributed by atoms with E-state index in [1.807, 2.05) is 0 Å². The summed E-state index contributed by atoms with van der Waals surface area (Å²) in [7, 11) is 3.04. The van der Waals surface area contributed by atoms with E-state index >= 15 is 0 Å². The molecule has 2 aromatic heterocycles. The maximum Gasteiger partial charge on any atom is 0.344 e. The van der Waals surface area contributed by atoms with Gasteiger partial charge in [0.25, 0.3) is 0 Å². The minimum Gasteiger partial charge on any atom is -0.497 e. The standard InChI is InChI=1S/C28H20O8/c1-32-18-8-6-16(7-9-18)23(29)15-34-19-10-11-20-21(14-26(30)35-25(20)13-19)22-12-17-4-3-5-24(33-2)27(17)36-28(22)31/h3-14H,15H2,1-2H3. The van der Waals surface area contributed by atoms with E-state index in [2.05, 4.69) is 0 Å². The Morgan fingerprint density at radius 1 is 0.806 bits per heavy atom. The number of fused-ring (bicyclic) bond motifs is 2. The minimum atomic E-state index is -0.644. The lowest BCUT2D eigenvalue weighted by molar-refractivity contribution is 0.0921. The fraction of sp³-hybridized carbons (Fsp3) is 0.107. The number of carbonyl (C=O) groups excluding carboxylic acids is 1. The molecule has 0 radical (unpaired) electrons. The predicted octanol–water partition coefficient (Wildman–Crippen LogP) is 4.85. The van der Waals surface area contributed by atoms with Gasteiger partial charge in [-0.2, -0.15) is 0 Å². The van der Waals surface area contributed by atoms with Gasteiger partial charge in [0.2, 0.25) is 0 Å². The number of rotatable bonds is 7. The maximum absolute atomic E-state index is 12.9. The molecule has 36 heavy (non-hydrogen) atoms. The third kappa shape index (κ3) is 4.32. The SMILES string of the molecule is COc1ccc(C(=O)COc2ccc3c(-c4cc5cccc(OC)c5oc4=O)cc(=O)oc3c2)cc1. The molecule has 180 valence electrons. The van der Waals surface area contributed by atoms with Gasteiger partial charge in [-0.15, -0.1) is 0 Å². The summed E-state index contributed by atoms with van der Waals surface area (Å²) in [6.07, 6.45) is 0. The van der Waals surface area contributed by atoms with Crippen molar-refractivity contribution in [2.45, 2.75) is 0 Å². The lowest BCUT2D eigenvalue weighted by Crippen LogP contribution is -2.11. The van der Waals surface area contributed by atoms with Gasteiger partial charge in [0.05, 0.1) is 19.8 Å². The molecule has 0 aliphatic carbocycles. The summed E-state index contributed by atoms with van der Waals surface area (Å²) in [5.41, 5.74) is 0.302. The number of methoxy groups -OCH3 is 2. The Balaban J connectivity index is 1.48. The van der Waals surface area contributed by atoms with Crippen LogP contribution in [0.25, 0.3) is 33.1 Å². The molecule has 0 bridgehead atoms. The molecule has 0 amide bonds. The Hall–Kier alpha value is -4.85. The average Bonchev–Trinajstić information content (AvgIpc) is 2.90. The molecule has 8 nitrogen and oxygen atoms in total. The Morgan fingerprint density at radius 2 is 1.58 bits per heavy atom. The highest BCUT2D eigenvalue weighted by molar-refractivity contribution is 5.98. The molecule has 3 aromatic carbocycles. The van der Waals surface area contributed by atoms with Crippen molar-refractivity contribution >= 4 is 27.7 Å². The van der Waals surface area contributed by atoms with E-state index in [9.17, 15) is 14.4 Å². The predicted molar refractivity (Wildman–Crippen MR) is 133 cm³/mol. The van der Waals surface area contributed by atoms with Crippen molar-refractivity contribution in [3.8, 4) is 28.4 Å². The smallest absolute Gasteiger partial charge is 0.344 e. The van der Waals surface area contributed by atoms with Crippen LogP contribution >= 0.6 is 0 Å². The van der Waals surface area contributed by atoms with Gasteiger partial charge in [0, 0.05) is 34.0 Å². The number of ether oxygens (including phenoxy) is 3. The molecule has 0 fully saturated rings. The van der Waals surface area contributed by atoms with Gasteiger partial charge in [-0.1, -0.05) is 12.1 Å². The Morgan fingerprint density at radius 3 is 2.33 bits per heavy atom. The summed E-state index contributed by atoms with van der Waals surface area (Å²) in [6, 6.07) is 19.6. The first-order valence-corrected chi connectivity index (χ1v) is 11.0. The van der Waals surface area contributed by atoms with Crippen LogP contribution < -0.4 is 25.5 Å². The maximum atomic E-state index is 12.9. The molecular formula is C28H20O8. The van der Waals surface area contributed by atoms with Crippen molar-refractivity contribution in [2.75, 3.05) is 20.8 Å². The quantitative estimate of drug-likeness (QED) is 0.239. The highest BCUT2D eigenvalue weighted by Crippen LogP contribution is 2.31. The van der Waals surface area contributed by atoms with Gasteiger partial charge in [0.15, 0.2) is 23.7 Å². The fourth-order valence-corrected chi connectivity index (χ4v) is 3.93. The number of carbonyl (C=O) groups is 1. The first kappa shape index (κ1) is 22.9. The number of para-hydroxylation sites is 1. The molecule has 5 aromatic rings. The molecule has 0 atom stereocenters. The van der Waals surface area contributed by atoms with Crippen LogP contribution in [0.3, 0.4) is 0 Å². The van der Waals surface area contributed by atoms with Crippen molar-refractivity contribution in [3.63, 3.8) is 0 Å². The van der Waals surface area contributed by atoms with E-state index in [-0.39, 0.29) is 23.5 Å². The van der Waals surface area contributed by atoms with Gasteiger partial charge in [-0.25, -0.2) is 9.59 Å². The van der Waals surface area contributed by atoms with Crippen molar-refractivity contribution in [1.29, 1.82) is 0 Å². The second-order valence-corrected chi connectivity index (χ2v) is 7.90. The molecule has 0 N–H and O–H groups in total. The van der Waals surface area contributed by atoms with Crippen LogP contribution in [-0.4, -0.2) is 26.6 Å². The molecule has 2 heterocycles. The van der Waals surface area contributed by atoms with E-state index in [0.29, 0.717) is 44.7 Å². The van der Waals surface area contributed by atoms with Crippen LogP contribution in [0, 0.1) is 0 Å². The molecular weight excluding hydrogens is 464 g/mol. The number of benzene rings is 3. The van der Waals surface area contributed by atoms with Crippen molar-refractivity contribution in [1.82, 2.24) is 0 Å². The van der Waals surface area contributed by atoms with Gasteiger partial charge in [-0.05, 0) is 48.5 Å². The van der Waals surface area contributed by atoms with Crippen molar-refractivity contribution in [2.24, 2.45) is 0 Å². The number of ketones is 1. The second-order valence-electron chi connectivity index (χ2n) is 7.90. The second kappa shape index (κ2) is 9.42. The van der Waals surface area contributed by atoms with Gasteiger partial charge in [0.1, 0.15) is 17.1 Å². The summed E-state index contributed by atoms with van der Waals surface area (Å²) in [6.45, 7) is -0.210. The third-order valence-electron chi connectivity index (χ3n) is 5.73. The zero-order chi connectivity index (χ0) is 25.2. The highest BCUT2D eigenvalue weighted by atomic mass is 16.5. The summed E-state index contributed by atoms with van der Waals surface area (Å²) < 4.78 is 26.9. The summed E-state index contributed by atoms with van der Waals surface area (Å²) in [5, 5.41) is 1.15. The third-order valence-corrected chi connectivity index (χ3v) is 5.73. The van der Waals surface area contributed by atoms with E-state index in [1.165, 1.54) is 19.2 Å². The Kier molecular flexibility index (Phi) is 6.00. The van der Waals surface area contributed by atoms with Crippen LogP contribution in [0.2, 0.25) is 0 Å². The van der Waals surface area contributed by atoms with Gasteiger partial charge < -0.3 is 23.0 Å². The summed E-state index contributed by atoms with van der Waals surface area (Å²) >= 11 is 0. The first-order valence-electron chi connectivity index (χ1n) is 11.0. The average molecular weight is 484 g/mol. The lowest BCUT2D eigenvalue weighted by Gasteiger charge is -2.10. The van der Waals surface area contributed by atoms with Crippen molar-refractivity contribution < 1.29 is 27.8 Å². The molecule has 0 saturated carbocycles. The summed E-state index contributed by atoms with van der Waals surface area (Å²) in [5.74, 6) is 1.18. The van der Waals surface area contributed by atoms with E-state index in [4.69, 9.17) is 23.0 Å². The van der Waals surface area contributed by atoms with E-state index < -0.39 is 11.3 Å². The van der Waals surface area contributed by atoms with Crippen LogP contribution in [0.4, 0.5) is 0 Å². The van der Waals surface area contributed by atoms with E-state index in [1.54, 1.807) is 67.8 Å². The molecule has 0 saturated heterocycles. The normalized spacial score (nSPS) is 10.9. The largest absolute Gasteiger partial charge is 0.497 e. The first-order chi connectivity index (χ1) is 17.5. The van der Waals surface area contributed by atoms with Crippen LogP contribution in [0.1, 0.15) is 10.4 Å². The van der Waals surface area contributed by atoms with Crippen LogP contribution in [0.5, 0.6) is 17.2 Å². The number of hydrogen-bond acceptors (Lipinski definition) is 8. The zero-order valence-electron chi connectivity index (χ0n) is 19.4. The minimum absolute atomic E-state index is 0.206. The van der Waals surface area contributed by atoms with E-state index in [0.717, 1.165) is 0 Å². The number of Topliss-reactive ketones (excluding diaryl/α,β-unsaturated/α-hetero) is 1. The van der Waals surface area contributed by atoms with Crippen LogP contribution in [-0.2, 0) is 0 Å². The zero-order valence-corrected chi connectivity index (χ0v) is 19.4. The van der Waals surface area contributed by atoms with Crippen LogP contribution in [0.15, 0.2) is 91.2 Å².